The Morgan fingerprint density at radius 3 is 2.31 bits per heavy atom. The molecule has 1 saturated heterocycles. The lowest BCUT2D eigenvalue weighted by atomic mass is 10.2. The van der Waals surface area contributed by atoms with Gasteiger partial charge in [0.2, 0.25) is 0 Å². The van der Waals surface area contributed by atoms with Gasteiger partial charge in [0.25, 0.3) is 0 Å². The molecule has 0 bridgehead atoms. The lowest BCUT2D eigenvalue weighted by Gasteiger charge is -2.20. The monoisotopic (exact) mass is 188 g/mol. The van der Waals surface area contributed by atoms with Crippen LogP contribution in [0.4, 0.5) is 0 Å². The number of hydrogen-bond donors (Lipinski definition) is 0. The highest BCUT2D eigenvalue weighted by Crippen LogP contribution is 2.27. The summed E-state index contributed by atoms with van der Waals surface area (Å²) < 4.78 is 11.2. The highest BCUT2D eigenvalue weighted by molar-refractivity contribution is 4.72. The molecule has 0 N–H and O–H groups in total. The first-order chi connectivity index (χ1) is 6.20. The van der Waals surface area contributed by atoms with Crippen LogP contribution >= 0.6 is 0 Å². The quantitative estimate of drug-likeness (QED) is 0.676. The molecule has 2 atom stereocenters. The van der Waals surface area contributed by atoms with E-state index in [-0.39, 0.29) is 5.79 Å². The maximum atomic E-state index is 5.72. The zero-order valence-corrected chi connectivity index (χ0v) is 9.72. The first-order valence-corrected chi connectivity index (χ1v) is 5.52. The minimum Gasteiger partial charge on any atom is -0.348 e. The van der Waals surface area contributed by atoms with E-state index in [0.717, 1.165) is 19.4 Å². The van der Waals surface area contributed by atoms with Crippen LogP contribution in [0.5, 0.6) is 0 Å². The van der Waals surface area contributed by atoms with Crippen molar-refractivity contribution in [2.24, 2.45) is 0 Å². The molecule has 1 aliphatic heterocycles. The molecule has 0 spiro atoms. The topological polar surface area (TPSA) is 18.5 Å². The molecular weight excluding hydrogens is 164 g/mol. The molecule has 0 aromatic carbocycles. The SMILES string of the molecule is CC.CCCC1COC(C)(CC)O1. The van der Waals surface area contributed by atoms with Gasteiger partial charge in [0.15, 0.2) is 5.79 Å². The molecule has 0 aliphatic carbocycles. The maximum absolute atomic E-state index is 5.72. The van der Waals surface area contributed by atoms with E-state index < -0.39 is 0 Å². The van der Waals surface area contributed by atoms with E-state index >= 15 is 0 Å². The highest BCUT2D eigenvalue weighted by Gasteiger charge is 2.34. The molecule has 80 valence electrons. The van der Waals surface area contributed by atoms with E-state index in [9.17, 15) is 0 Å². The molecule has 2 nitrogen and oxygen atoms in total. The van der Waals surface area contributed by atoms with Gasteiger partial charge in [0.1, 0.15) is 0 Å². The van der Waals surface area contributed by atoms with Gasteiger partial charge in [-0.25, -0.2) is 0 Å². The number of hydrogen-bond acceptors (Lipinski definition) is 2. The standard InChI is InChI=1S/C9H18O2.C2H6/c1-4-6-8-7-10-9(3,5-2)11-8;1-2/h8H,4-7H2,1-3H3;1-2H3. The van der Waals surface area contributed by atoms with Gasteiger partial charge in [-0.2, -0.15) is 0 Å². The van der Waals surface area contributed by atoms with E-state index in [1.807, 2.05) is 20.8 Å². The molecule has 1 aliphatic rings. The van der Waals surface area contributed by atoms with Gasteiger partial charge in [0.05, 0.1) is 12.7 Å². The zero-order chi connectivity index (χ0) is 10.3. The summed E-state index contributed by atoms with van der Waals surface area (Å²) in [4.78, 5) is 0. The lowest BCUT2D eigenvalue weighted by Crippen LogP contribution is -2.25. The first kappa shape index (κ1) is 12.9. The van der Waals surface area contributed by atoms with Crippen LogP contribution in [-0.4, -0.2) is 18.5 Å². The van der Waals surface area contributed by atoms with Crippen molar-refractivity contribution in [1.29, 1.82) is 0 Å². The average molecular weight is 188 g/mol. The minimum atomic E-state index is -0.292. The third-order valence-corrected chi connectivity index (χ3v) is 2.24. The molecule has 13 heavy (non-hydrogen) atoms. The van der Waals surface area contributed by atoms with Gasteiger partial charge in [0, 0.05) is 0 Å². The average Bonchev–Trinajstić information content (AvgIpc) is 2.53. The van der Waals surface area contributed by atoms with E-state index in [0.29, 0.717) is 6.10 Å². The summed E-state index contributed by atoms with van der Waals surface area (Å²) >= 11 is 0. The Morgan fingerprint density at radius 1 is 1.31 bits per heavy atom. The van der Waals surface area contributed by atoms with E-state index in [1.165, 1.54) is 6.42 Å². The second-order valence-electron chi connectivity index (χ2n) is 3.33. The van der Waals surface area contributed by atoms with Crippen LogP contribution in [-0.2, 0) is 9.47 Å². The van der Waals surface area contributed by atoms with Crippen LogP contribution in [0.1, 0.15) is 53.9 Å². The summed E-state index contributed by atoms with van der Waals surface area (Å²) in [7, 11) is 0. The lowest BCUT2D eigenvalue weighted by molar-refractivity contribution is -0.155. The molecule has 2 heteroatoms. The van der Waals surface area contributed by atoms with Gasteiger partial charge in [-0.05, 0) is 19.8 Å². The maximum Gasteiger partial charge on any atom is 0.165 e. The van der Waals surface area contributed by atoms with E-state index in [1.54, 1.807) is 0 Å². The van der Waals surface area contributed by atoms with Crippen molar-refractivity contribution >= 4 is 0 Å². The van der Waals surface area contributed by atoms with Gasteiger partial charge in [-0.3, -0.25) is 0 Å². The van der Waals surface area contributed by atoms with Crippen molar-refractivity contribution < 1.29 is 9.47 Å². The molecule has 0 aromatic rings. The summed E-state index contributed by atoms with van der Waals surface area (Å²) in [5.41, 5.74) is 0. The third kappa shape index (κ3) is 4.10. The predicted octanol–water partition coefficient (Wildman–Crippen LogP) is 3.35. The smallest absolute Gasteiger partial charge is 0.165 e. The van der Waals surface area contributed by atoms with Gasteiger partial charge >= 0.3 is 0 Å². The minimum absolute atomic E-state index is 0.292. The summed E-state index contributed by atoms with van der Waals surface area (Å²) in [6.45, 7) is 11.1. The van der Waals surface area contributed by atoms with Crippen LogP contribution in [0.15, 0.2) is 0 Å². The molecule has 1 rings (SSSR count). The Kier molecular flexibility index (Phi) is 6.35. The summed E-state index contributed by atoms with van der Waals surface area (Å²) in [5, 5.41) is 0. The Bertz CT molecular complexity index is 125. The van der Waals surface area contributed by atoms with Crippen LogP contribution in [0.2, 0.25) is 0 Å². The molecule has 1 fully saturated rings. The van der Waals surface area contributed by atoms with Crippen LogP contribution in [0, 0.1) is 0 Å². The molecule has 0 amide bonds. The van der Waals surface area contributed by atoms with Crippen molar-refractivity contribution in [2.45, 2.75) is 65.8 Å². The Morgan fingerprint density at radius 2 is 1.92 bits per heavy atom. The van der Waals surface area contributed by atoms with Gasteiger partial charge in [-0.1, -0.05) is 34.1 Å². The van der Waals surface area contributed by atoms with Crippen molar-refractivity contribution in [3.05, 3.63) is 0 Å². The second-order valence-corrected chi connectivity index (χ2v) is 3.33. The predicted molar refractivity (Wildman–Crippen MR) is 55.8 cm³/mol. The number of rotatable bonds is 3. The normalized spacial score (nSPS) is 32.5. The van der Waals surface area contributed by atoms with Crippen LogP contribution in [0.25, 0.3) is 0 Å². The molecular formula is C11H24O2. The Hall–Kier alpha value is -0.0800. The third-order valence-electron chi connectivity index (χ3n) is 2.24. The van der Waals surface area contributed by atoms with Crippen LogP contribution < -0.4 is 0 Å². The van der Waals surface area contributed by atoms with Gasteiger partial charge in [-0.15, -0.1) is 0 Å². The summed E-state index contributed by atoms with van der Waals surface area (Å²) in [6, 6.07) is 0. The zero-order valence-electron chi connectivity index (χ0n) is 9.72. The summed E-state index contributed by atoms with van der Waals surface area (Å²) in [5.74, 6) is -0.292. The Balaban J connectivity index is 0.000000671. The van der Waals surface area contributed by atoms with Crippen molar-refractivity contribution in [2.75, 3.05) is 6.61 Å². The fourth-order valence-electron chi connectivity index (χ4n) is 1.34. The number of ether oxygens (including phenoxy) is 2. The largest absolute Gasteiger partial charge is 0.348 e. The second kappa shape index (κ2) is 6.39. The molecule has 1 heterocycles. The fourth-order valence-corrected chi connectivity index (χ4v) is 1.34. The molecule has 0 radical (unpaired) electrons. The van der Waals surface area contributed by atoms with Crippen molar-refractivity contribution in [1.82, 2.24) is 0 Å². The Labute approximate surface area is 82.6 Å². The van der Waals surface area contributed by atoms with Crippen molar-refractivity contribution in [3.63, 3.8) is 0 Å². The van der Waals surface area contributed by atoms with E-state index in [2.05, 4.69) is 13.8 Å². The highest BCUT2D eigenvalue weighted by atomic mass is 16.7. The molecule has 0 aromatic heterocycles. The fraction of sp³-hybridized carbons (Fsp3) is 1.00. The molecule has 0 saturated carbocycles. The van der Waals surface area contributed by atoms with Crippen molar-refractivity contribution in [3.8, 4) is 0 Å². The van der Waals surface area contributed by atoms with Crippen LogP contribution in [0.3, 0.4) is 0 Å². The summed E-state index contributed by atoms with van der Waals surface area (Å²) in [6.07, 6.45) is 3.57. The van der Waals surface area contributed by atoms with E-state index in [4.69, 9.17) is 9.47 Å². The first-order valence-electron chi connectivity index (χ1n) is 5.52. The molecule has 2 unspecified atom stereocenters. The van der Waals surface area contributed by atoms with Gasteiger partial charge < -0.3 is 9.47 Å².